The highest BCUT2D eigenvalue weighted by Crippen LogP contribution is 2.32. The first-order valence-corrected chi connectivity index (χ1v) is 12.0. The number of benzene rings is 4. The molecule has 0 aliphatic carbocycles. The number of carbonyl (C=O) groups is 1. The highest BCUT2D eigenvalue weighted by Gasteiger charge is 2.18. The highest BCUT2D eigenvalue weighted by molar-refractivity contribution is 7.25. The molecule has 0 aliphatic heterocycles. The van der Waals surface area contributed by atoms with Gasteiger partial charge in [-0.25, -0.2) is 4.79 Å². The van der Waals surface area contributed by atoms with Crippen molar-refractivity contribution in [2.24, 2.45) is 0 Å². The van der Waals surface area contributed by atoms with Gasteiger partial charge in [-0.2, -0.15) is 0 Å². The highest BCUT2D eigenvalue weighted by atomic mass is 32.1. The van der Waals surface area contributed by atoms with Gasteiger partial charge in [0.25, 0.3) is 0 Å². The van der Waals surface area contributed by atoms with Gasteiger partial charge in [-0.15, -0.1) is 22.7 Å². The average molecular weight is 483 g/mol. The lowest BCUT2D eigenvalue weighted by molar-refractivity contribution is 0.153. The summed E-state index contributed by atoms with van der Waals surface area (Å²) >= 11 is 2.89. The van der Waals surface area contributed by atoms with Crippen molar-refractivity contribution in [2.45, 2.75) is 0 Å². The SMILES string of the molecule is O=C(Oc1cccc2sc3ccccc3c(=O)c12)Oc1cccc2sc3ccccc3c(=O)c12. The predicted octanol–water partition coefficient (Wildman–Crippen LogP) is 6.72. The van der Waals surface area contributed by atoms with Crippen LogP contribution in [0.15, 0.2) is 94.5 Å². The fraction of sp³-hybridized carbons (Fsp3) is 0. The van der Waals surface area contributed by atoms with Crippen molar-refractivity contribution in [1.29, 1.82) is 0 Å². The molecule has 0 radical (unpaired) electrons. The van der Waals surface area contributed by atoms with Crippen LogP contribution in [-0.4, -0.2) is 6.16 Å². The quantitative estimate of drug-likeness (QED) is 0.156. The van der Waals surface area contributed by atoms with Gasteiger partial charge in [0.05, 0.1) is 10.8 Å². The molecule has 0 amide bonds. The van der Waals surface area contributed by atoms with E-state index < -0.39 is 6.16 Å². The second kappa shape index (κ2) is 8.06. The molecule has 0 saturated heterocycles. The maximum Gasteiger partial charge on any atom is 0.519 e. The van der Waals surface area contributed by atoms with E-state index >= 15 is 0 Å². The van der Waals surface area contributed by atoms with E-state index in [0.717, 1.165) is 9.40 Å². The van der Waals surface area contributed by atoms with Gasteiger partial charge in [0.1, 0.15) is 11.5 Å². The molecule has 0 bridgehead atoms. The third-order valence-corrected chi connectivity index (χ3v) is 7.79. The first-order valence-electron chi connectivity index (χ1n) is 10.4. The summed E-state index contributed by atoms with van der Waals surface area (Å²) in [4.78, 5) is 39.0. The summed E-state index contributed by atoms with van der Waals surface area (Å²) in [6, 6.07) is 24.8. The Balaban J connectivity index is 1.42. The van der Waals surface area contributed by atoms with Crippen LogP contribution >= 0.6 is 22.7 Å². The lowest BCUT2D eigenvalue weighted by Crippen LogP contribution is -2.16. The van der Waals surface area contributed by atoms with E-state index in [1.54, 1.807) is 48.5 Å². The van der Waals surface area contributed by atoms with Crippen LogP contribution in [-0.2, 0) is 0 Å². The molecule has 0 saturated carbocycles. The predicted molar refractivity (Wildman–Crippen MR) is 138 cm³/mol. The minimum Gasteiger partial charge on any atom is -0.394 e. The van der Waals surface area contributed by atoms with Gasteiger partial charge in [0, 0.05) is 29.6 Å². The van der Waals surface area contributed by atoms with Gasteiger partial charge in [-0.05, 0) is 48.5 Å². The molecule has 6 rings (SSSR count). The van der Waals surface area contributed by atoms with E-state index in [2.05, 4.69) is 0 Å². The molecule has 0 aliphatic rings. The summed E-state index contributed by atoms with van der Waals surface area (Å²) in [5, 5.41) is 1.75. The average Bonchev–Trinajstić information content (AvgIpc) is 2.84. The third-order valence-electron chi connectivity index (χ3n) is 5.52. The first kappa shape index (κ1) is 20.5. The van der Waals surface area contributed by atoms with E-state index in [4.69, 9.17) is 9.47 Å². The standard InChI is InChI=1S/C27H14O5S2/c28-25-15-7-1-3-11-19(15)33-21-13-5-9-17(23(21)25)31-27(30)32-18-10-6-14-22-24(18)26(29)16-8-2-4-12-20(16)34-22/h1-14H. The summed E-state index contributed by atoms with van der Waals surface area (Å²) in [5.41, 5.74) is -0.430. The van der Waals surface area contributed by atoms with Crippen LogP contribution in [0, 0.1) is 0 Å². The zero-order valence-corrected chi connectivity index (χ0v) is 19.1. The van der Waals surface area contributed by atoms with Gasteiger partial charge in [-0.3, -0.25) is 9.59 Å². The van der Waals surface area contributed by atoms with Gasteiger partial charge in [-0.1, -0.05) is 36.4 Å². The number of fused-ring (bicyclic) bond motifs is 4. The van der Waals surface area contributed by atoms with Crippen molar-refractivity contribution in [2.75, 3.05) is 0 Å². The van der Waals surface area contributed by atoms with Gasteiger partial charge in [0.2, 0.25) is 0 Å². The Kier molecular flexibility index (Phi) is 4.86. The molecule has 4 aromatic carbocycles. The second-order valence-corrected chi connectivity index (χ2v) is 9.73. The molecule has 5 nitrogen and oxygen atoms in total. The molecular formula is C27H14O5S2. The number of hydrogen-bond donors (Lipinski definition) is 0. The Labute approximate surface area is 200 Å². The minimum absolute atomic E-state index is 0.116. The minimum atomic E-state index is -1.02. The monoisotopic (exact) mass is 482 g/mol. The topological polar surface area (TPSA) is 69.7 Å². The van der Waals surface area contributed by atoms with Crippen molar-refractivity contribution < 1.29 is 14.3 Å². The lowest BCUT2D eigenvalue weighted by Gasteiger charge is -2.10. The van der Waals surface area contributed by atoms with Crippen LogP contribution in [0.5, 0.6) is 11.5 Å². The van der Waals surface area contributed by atoms with E-state index in [9.17, 15) is 14.4 Å². The maximum absolute atomic E-state index is 13.1. The molecule has 0 atom stereocenters. The van der Waals surface area contributed by atoms with Crippen molar-refractivity contribution in [3.05, 3.63) is 105 Å². The Morgan fingerprint density at radius 1 is 0.529 bits per heavy atom. The largest absolute Gasteiger partial charge is 0.519 e. The van der Waals surface area contributed by atoms with Crippen molar-refractivity contribution in [3.8, 4) is 11.5 Å². The summed E-state index contributed by atoms with van der Waals surface area (Å²) in [6.07, 6.45) is -1.02. The molecule has 0 spiro atoms. The van der Waals surface area contributed by atoms with Crippen LogP contribution in [0.3, 0.4) is 0 Å². The first-order chi connectivity index (χ1) is 16.6. The molecule has 0 unspecified atom stereocenters. The zero-order valence-electron chi connectivity index (χ0n) is 17.4. The van der Waals surface area contributed by atoms with Gasteiger partial charge >= 0.3 is 6.16 Å². The van der Waals surface area contributed by atoms with Crippen LogP contribution in [0.25, 0.3) is 40.3 Å². The molecule has 2 aromatic heterocycles. The van der Waals surface area contributed by atoms with Crippen molar-refractivity contribution in [3.63, 3.8) is 0 Å². The lowest BCUT2D eigenvalue weighted by atomic mass is 10.1. The summed E-state index contributed by atoms with van der Waals surface area (Å²) < 4.78 is 14.1. The number of rotatable bonds is 2. The van der Waals surface area contributed by atoms with E-state index in [-0.39, 0.29) is 22.4 Å². The molecule has 34 heavy (non-hydrogen) atoms. The zero-order chi connectivity index (χ0) is 23.2. The summed E-state index contributed by atoms with van der Waals surface area (Å²) in [5.74, 6) is 0.232. The van der Waals surface area contributed by atoms with Crippen LogP contribution in [0.1, 0.15) is 0 Å². The Bertz CT molecular complexity index is 1750. The van der Waals surface area contributed by atoms with E-state index in [1.807, 2.05) is 36.4 Å². The summed E-state index contributed by atoms with van der Waals surface area (Å²) in [6.45, 7) is 0. The molecule has 164 valence electrons. The Hall–Kier alpha value is -4.07. The normalized spacial score (nSPS) is 11.3. The molecule has 0 N–H and O–H groups in total. The Morgan fingerprint density at radius 3 is 1.41 bits per heavy atom. The number of hydrogen-bond acceptors (Lipinski definition) is 7. The molecule has 7 heteroatoms. The fourth-order valence-electron chi connectivity index (χ4n) is 4.00. The van der Waals surface area contributed by atoms with E-state index in [1.165, 1.54) is 22.7 Å². The maximum atomic E-state index is 13.1. The third kappa shape index (κ3) is 3.34. The second-order valence-electron chi connectivity index (χ2n) is 7.57. The van der Waals surface area contributed by atoms with Crippen LogP contribution in [0.4, 0.5) is 4.79 Å². The van der Waals surface area contributed by atoms with Crippen LogP contribution in [0.2, 0.25) is 0 Å². The molecule has 2 heterocycles. The van der Waals surface area contributed by atoms with Gasteiger partial charge in [0.15, 0.2) is 10.9 Å². The fourth-order valence-corrected chi connectivity index (χ4v) is 6.20. The number of carbonyl (C=O) groups excluding carboxylic acids is 1. The van der Waals surface area contributed by atoms with Crippen molar-refractivity contribution in [1.82, 2.24) is 0 Å². The molecule has 0 fully saturated rings. The van der Waals surface area contributed by atoms with Crippen LogP contribution < -0.4 is 20.3 Å². The summed E-state index contributed by atoms with van der Waals surface area (Å²) in [7, 11) is 0. The van der Waals surface area contributed by atoms with Gasteiger partial charge < -0.3 is 9.47 Å². The molecule has 6 aromatic rings. The van der Waals surface area contributed by atoms with Crippen molar-refractivity contribution >= 4 is 69.2 Å². The smallest absolute Gasteiger partial charge is 0.394 e. The van der Waals surface area contributed by atoms with E-state index in [0.29, 0.717) is 30.9 Å². The number of ether oxygens (including phenoxy) is 2. The molecular weight excluding hydrogens is 468 g/mol. The Morgan fingerprint density at radius 2 is 0.941 bits per heavy atom.